The lowest BCUT2D eigenvalue weighted by Crippen LogP contribution is -2.30. The van der Waals surface area contributed by atoms with Crippen molar-refractivity contribution in [2.75, 3.05) is 39.6 Å². The molecule has 0 aliphatic heterocycles. The predicted octanol–water partition coefficient (Wildman–Crippen LogP) is 22.5. The number of hydrogen-bond donors (Lipinski definition) is 3. The second-order valence-corrected chi connectivity index (χ2v) is 30.8. The van der Waals surface area contributed by atoms with Gasteiger partial charge in [0.25, 0.3) is 0 Å². The van der Waals surface area contributed by atoms with Gasteiger partial charge in [0.1, 0.15) is 19.3 Å². The number of phosphoric ester groups is 2. The molecular formula is C76H148O17P2. The van der Waals surface area contributed by atoms with Crippen molar-refractivity contribution >= 4 is 39.5 Å². The smallest absolute Gasteiger partial charge is 0.462 e. The number of aliphatic hydroxyl groups excluding tert-OH is 1. The largest absolute Gasteiger partial charge is 0.472 e. The van der Waals surface area contributed by atoms with Gasteiger partial charge in [-0.3, -0.25) is 37.3 Å². The van der Waals surface area contributed by atoms with Gasteiger partial charge in [0.15, 0.2) is 12.2 Å². The lowest BCUT2D eigenvalue weighted by Gasteiger charge is -2.21. The average Bonchev–Trinajstić information content (AvgIpc) is 1.28. The molecule has 0 aromatic heterocycles. The summed E-state index contributed by atoms with van der Waals surface area (Å²) in [6.07, 6.45) is 58.7. The molecule has 0 aromatic carbocycles. The molecule has 0 bridgehead atoms. The van der Waals surface area contributed by atoms with Crippen LogP contribution < -0.4 is 0 Å². The van der Waals surface area contributed by atoms with Gasteiger partial charge in [-0.15, -0.1) is 0 Å². The van der Waals surface area contributed by atoms with Crippen molar-refractivity contribution in [3.05, 3.63) is 0 Å². The molecule has 2 unspecified atom stereocenters. The number of carbonyl (C=O) groups excluding carboxylic acids is 4. The molecule has 0 heterocycles. The number of esters is 4. The lowest BCUT2D eigenvalue weighted by atomic mass is 10.0. The molecule has 0 fully saturated rings. The van der Waals surface area contributed by atoms with Crippen LogP contribution in [0.4, 0.5) is 0 Å². The molecule has 0 radical (unpaired) electrons. The Morgan fingerprint density at radius 2 is 0.484 bits per heavy atom. The predicted molar refractivity (Wildman–Crippen MR) is 386 cm³/mol. The molecule has 3 N–H and O–H groups in total. The second kappa shape index (κ2) is 69.2. The van der Waals surface area contributed by atoms with Gasteiger partial charge in [-0.25, -0.2) is 9.13 Å². The maximum Gasteiger partial charge on any atom is 0.472 e. The molecule has 0 spiro atoms. The molecular weight excluding hydrogens is 1250 g/mol. The second-order valence-electron chi connectivity index (χ2n) is 27.9. The monoisotopic (exact) mass is 1400 g/mol. The first-order valence-electron chi connectivity index (χ1n) is 39.6. The summed E-state index contributed by atoms with van der Waals surface area (Å²) < 4.78 is 68.3. The van der Waals surface area contributed by atoms with Crippen LogP contribution in [0.25, 0.3) is 0 Å². The molecule has 95 heavy (non-hydrogen) atoms. The molecule has 0 saturated carbocycles. The van der Waals surface area contributed by atoms with Crippen molar-refractivity contribution in [3.63, 3.8) is 0 Å². The molecule has 0 aliphatic carbocycles. The van der Waals surface area contributed by atoms with E-state index in [-0.39, 0.29) is 25.7 Å². The van der Waals surface area contributed by atoms with Gasteiger partial charge in [0.05, 0.1) is 26.4 Å². The zero-order valence-corrected chi connectivity index (χ0v) is 63.6. The number of phosphoric acid groups is 2. The zero-order valence-electron chi connectivity index (χ0n) is 61.8. The summed E-state index contributed by atoms with van der Waals surface area (Å²) in [5.74, 6) is -1.43. The Balaban J connectivity index is 5.15. The SMILES string of the molecule is CCCCCCCCCCCCCCCCCCCCCCCC(=O)O[C@H](COC(=O)CCCCCCCCCCCCCCCCCCC)COP(=O)(O)OC[C@@H](O)COP(=O)(O)OC[C@@H](COC(=O)CCCCCCCCC)OC(=O)CCCCCCCCCC(C)C. The van der Waals surface area contributed by atoms with Gasteiger partial charge in [0.2, 0.25) is 0 Å². The highest BCUT2D eigenvalue weighted by Gasteiger charge is 2.30. The minimum absolute atomic E-state index is 0.104. The van der Waals surface area contributed by atoms with Crippen molar-refractivity contribution < 1.29 is 80.2 Å². The highest BCUT2D eigenvalue weighted by molar-refractivity contribution is 7.47. The summed E-state index contributed by atoms with van der Waals surface area (Å²) in [4.78, 5) is 72.6. The van der Waals surface area contributed by atoms with Crippen LogP contribution in [0.1, 0.15) is 401 Å². The first kappa shape index (κ1) is 93.1. The van der Waals surface area contributed by atoms with Gasteiger partial charge in [-0.05, 0) is 31.6 Å². The Kier molecular flexibility index (Phi) is 67.7. The molecule has 17 nitrogen and oxygen atoms in total. The van der Waals surface area contributed by atoms with Gasteiger partial charge >= 0.3 is 39.5 Å². The third-order valence-corrected chi connectivity index (χ3v) is 19.7. The average molecular weight is 1400 g/mol. The van der Waals surface area contributed by atoms with Gasteiger partial charge in [-0.1, -0.05) is 349 Å². The molecule has 0 saturated heterocycles. The summed E-state index contributed by atoms with van der Waals surface area (Å²) in [7, 11) is -9.90. The molecule has 19 heteroatoms. The van der Waals surface area contributed by atoms with Crippen LogP contribution in [-0.2, 0) is 65.4 Å². The minimum Gasteiger partial charge on any atom is -0.462 e. The van der Waals surface area contributed by atoms with E-state index in [9.17, 15) is 43.2 Å². The summed E-state index contributed by atoms with van der Waals surface area (Å²) in [5, 5.41) is 10.6. The van der Waals surface area contributed by atoms with E-state index in [1.54, 1.807) is 0 Å². The molecule has 0 amide bonds. The van der Waals surface area contributed by atoms with Gasteiger partial charge in [0, 0.05) is 25.7 Å². The standard InChI is InChI=1S/C76H148O17P2/c1-6-9-12-15-18-20-22-24-26-28-29-30-31-33-35-37-39-41-46-51-56-61-75(80)92-72(66-87-74(79)60-55-50-45-40-38-36-34-32-27-25-23-21-19-16-13-10-7-2)68-91-95(84,85)89-64-70(77)63-88-94(82,83)90-67-71(65-86-73(78)59-54-49-43-17-14-11-8-3)93-76(81)62-57-52-47-42-44-48-53-58-69(4)5/h69-72,77H,6-68H2,1-5H3,(H,82,83)(H,84,85)/t70-,71+,72+/m0/s1. The van der Waals surface area contributed by atoms with Crippen molar-refractivity contribution in [2.45, 2.75) is 419 Å². The van der Waals surface area contributed by atoms with Crippen LogP contribution >= 0.6 is 15.6 Å². The third kappa shape index (κ3) is 70.3. The summed E-state index contributed by atoms with van der Waals surface area (Å²) >= 11 is 0. The Hall–Kier alpha value is -1.94. The summed E-state index contributed by atoms with van der Waals surface area (Å²) in [6.45, 7) is 7.18. The zero-order chi connectivity index (χ0) is 69.8. The maximum atomic E-state index is 13.1. The maximum absolute atomic E-state index is 13.1. The van der Waals surface area contributed by atoms with E-state index >= 15 is 0 Å². The van der Waals surface area contributed by atoms with Crippen LogP contribution in [0.5, 0.6) is 0 Å². The van der Waals surface area contributed by atoms with Crippen LogP contribution in [0.15, 0.2) is 0 Å². The van der Waals surface area contributed by atoms with Crippen LogP contribution in [0, 0.1) is 5.92 Å². The van der Waals surface area contributed by atoms with E-state index in [0.717, 1.165) is 103 Å². The fraction of sp³-hybridized carbons (Fsp3) is 0.947. The van der Waals surface area contributed by atoms with E-state index in [1.807, 2.05) is 0 Å². The first-order chi connectivity index (χ1) is 46.0. The van der Waals surface area contributed by atoms with E-state index in [0.29, 0.717) is 31.6 Å². The molecule has 5 atom stereocenters. The number of carbonyl (C=O) groups is 4. The Morgan fingerprint density at radius 3 is 0.716 bits per heavy atom. The lowest BCUT2D eigenvalue weighted by molar-refractivity contribution is -0.161. The molecule has 564 valence electrons. The van der Waals surface area contributed by atoms with Gasteiger partial charge in [-0.2, -0.15) is 0 Å². The van der Waals surface area contributed by atoms with E-state index in [2.05, 4.69) is 34.6 Å². The van der Waals surface area contributed by atoms with E-state index in [4.69, 9.17) is 37.0 Å². The number of hydrogen-bond acceptors (Lipinski definition) is 15. The number of unbranched alkanes of at least 4 members (excludes halogenated alkanes) is 48. The summed E-state index contributed by atoms with van der Waals surface area (Å²) in [5.41, 5.74) is 0. The fourth-order valence-electron chi connectivity index (χ4n) is 11.7. The normalized spacial score (nSPS) is 13.9. The molecule has 0 rings (SSSR count). The number of ether oxygens (including phenoxy) is 4. The molecule has 0 aliphatic rings. The van der Waals surface area contributed by atoms with Crippen molar-refractivity contribution in [3.8, 4) is 0 Å². The van der Waals surface area contributed by atoms with E-state index in [1.165, 1.54) is 212 Å². The van der Waals surface area contributed by atoms with E-state index < -0.39 is 97.5 Å². The minimum atomic E-state index is -4.96. The number of rotatable bonds is 76. The summed E-state index contributed by atoms with van der Waals surface area (Å²) in [6, 6.07) is 0. The Bertz CT molecular complexity index is 1820. The topological polar surface area (TPSA) is 237 Å². The van der Waals surface area contributed by atoms with Crippen LogP contribution in [0.3, 0.4) is 0 Å². The highest BCUT2D eigenvalue weighted by atomic mass is 31.2. The van der Waals surface area contributed by atoms with Gasteiger partial charge < -0.3 is 33.8 Å². The quantitative estimate of drug-likeness (QED) is 0.0222. The van der Waals surface area contributed by atoms with Crippen LogP contribution in [0.2, 0.25) is 0 Å². The Morgan fingerprint density at radius 1 is 0.284 bits per heavy atom. The van der Waals surface area contributed by atoms with Crippen molar-refractivity contribution in [1.82, 2.24) is 0 Å². The third-order valence-electron chi connectivity index (χ3n) is 17.8. The molecule has 0 aromatic rings. The van der Waals surface area contributed by atoms with Crippen LogP contribution in [-0.4, -0.2) is 96.7 Å². The Labute approximate surface area is 581 Å². The highest BCUT2D eigenvalue weighted by Crippen LogP contribution is 2.45. The van der Waals surface area contributed by atoms with Crippen molar-refractivity contribution in [1.29, 1.82) is 0 Å². The first-order valence-corrected chi connectivity index (χ1v) is 42.6. The van der Waals surface area contributed by atoms with Crippen molar-refractivity contribution in [2.24, 2.45) is 5.92 Å². The fourth-order valence-corrected chi connectivity index (χ4v) is 13.3. The number of aliphatic hydroxyl groups is 1.